The highest BCUT2D eigenvalue weighted by Gasteiger charge is 2.35. The number of nitrogens with zero attached hydrogens (tertiary/aromatic N) is 2. The van der Waals surface area contributed by atoms with Crippen molar-refractivity contribution in [1.82, 2.24) is 15.6 Å². The van der Waals surface area contributed by atoms with Gasteiger partial charge in [0.15, 0.2) is 12.6 Å². The smallest absolute Gasteiger partial charge is 0.422 e. The van der Waals surface area contributed by atoms with Gasteiger partial charge in [0.1, 0.15) is 0 Å². The molecular formula is C21H33F3N4O2. The minimum absolute atomic E-state index is 0.0443. The molecule has 0 bridgehead atoms. The number of aliphatic imine (C=N–C) groups is 1. The summed E-state index contributed by atoms with van der Waals surface area (Å²) in [7, 11) is 0. The van der Waals surface area contributed by atoms with E-state index in [1.54, 1.807) is 12.1 Å². The fourth-order valence-corrected chi connectivity index (χ4v) is 3.57. The molecule has 1 aliphatic rings. The zero-order valence-corrected chi connectivity index (χ0v) is 18.2. The first-order valence-electron chi connectivity index (χ1n) is 10.4. The summed E-state index contributed by atoms with van der Waals surface area (Å²) in [6.07, 6.45) is -0.755. The summed E-state index contributed by atoms with van der Waals surface area (Å²) >= 11 is 0. The fraction of sp³-hybridized carbons (Fsp3) is 0.714. The number of rotatable bonds is 7. The lowest BCUT2D eigenvalue weighted by molar-refractivity contribution is -0.154. The molecule has 2 rings (SSSR count). The SMILES string of the molecule is CCNC(=NCc1cccnc1OCC(F)(F)F)NCC1CCCOC1C(C)(C)C. The Morgan fingerprint density at radius 1 is 1.30 bits per heavy atom. The maximum Gasteiger partial charge on any atom is 0.422 e. The van der Waals surface area contributed by atoms with Gasteiger partial charge in [-0.05, 0) is 31.2 Å². The van der Waals surface area contributed by atoms with Gasteiger partial charge in [0.05, 0.1) is 12.6 Å². The molecule has 2 heterocycles. The van der Waals surface area contributed by atoms with E-state index in [0.29, 0.717) is 30.5 Å². The average Bonchev–Trinajstić information content (AvgIpc) is 2.68. The molecular weight excluding hydrogens is 397 g/mol. The Morgan fingerprint density at radius 2 is 2.07 bits per heavy atom. The molecule has 2 N–H and O–H groups in total. The number of halogens is 3. The fourth-order valence-electron chi connectivity index (χ4n) is 3.57. The summed E-state index contributed by atoms with van der Waals surface area (Å²) in [5.74, 6) is 0.899. The standard InChI is InChI=1S/C21H33F3N4O2/c1-5-25-19(27-12-15-9-7-11-29-17(15)20(2,3)4)28-13-16-8-6-10-26-18(16)30-14-21(22,23)24/h6,8,10,15,17H,5,7,9,11-14H2,1-4H3,(H2,25,27,28). The van der Waals surface area contributed by atoms with Gasteiger partial charge < -0.3 is 20.1 Å². The van der Waals surface area contributed by atoms with Gasteiger partial charge in [-0.2, -0.15) is 13.2 Å². The van der Waals surface area contributed by atoms with Crippen LogP contribution in [0.5, 0.6) is 5.88 Å². The van der Waals surface area contributed by atoms with E-state index in [2.05, 4.69) is 41.4 Å². The molecule has 0 spiro atoms. The maximum absolute atomic E-state index is 12.5. The lowest BCUT2D eigenvalue weighted by Gasteiger charge is -2.40. The first-order valence-corrected chi connectivity index (χ1v) is 10.4. The van der Waals surface area contributed by atoms with Crippen LogP contribution in [-0.2, 0) is 11.3 Å². The van der Waals surface area contributed by atoms with E-state index < -0.39 is 12.8 Å². The third-order valence-corrected chi connectivity index (χ3v) is 4.80. The Balaban J connectivity index is 2.02. The molecule has 0 aliphatic carbocycles. The monoisotopic (exact) mass is 430 g/mol. The van der Waals surface area contributed by atoms with Crippen LogP contribution in [0.2, 0.25) is 0 Å². The number of hydrogen-bond acceptors (Lipinski definition) is 4. The summed E-state index contributed by atoms with van der Waals surface area (Å²) in [6, 6.07) is 3.31. The molecule has 1 aliphatic heterocycles. The highest BCUT2D eigenvalue weighted by atomic mass is 19.4. The first-order chi connectivity index (χ1) is 14.1. The van der Waals surface area contributed by atoms with E-state index in [0.717, 1.165) is 19.4 Å². The molecule has 2 unspecified atom stereocenters. The molecule has 0 radical (unpaired) electrons. The van der Waals surface area contributed by atoms with Gasteiger partial charge in [-0.25, -0.2) is 9.98 Å². The van der Waals surface area contributed by atoms with Gasteiger partial charge in [0.25, 0.3) is 0 Å². The number of hydrogen-bond donors (Lipinski definition) is 2. The minimum Gasteiger partial charge on any atom is -0.468 e. The third-order valence-electron chi connectivity index (χ3n) is 4.80. The topological polar surface area (TPSA) is 67.8 Å². The minimum atomic E-state index is -4.42. The Labute approximate surface area is 176 Å². The van der Waals surface area contributed by atoms with E-state index in [-0.39, 0.29) is 23.9 Å². The molecule has 0 saturated carbocycles. The number of pyridine rings is 1. The largest absolute Gasteiger partial charge is 0.468 e. The molecule has 9 heteroatoms. The van der Waals surface area contributed by atoms with Crippen molar-refractivity contribution >= 4 is 5.96 Å². The molecule has 170 valence electrons. The average molecular weight is 431 g/mol. The molecule has 2 atom stereocenters. The van der Waals surface area contributed by atoms with E-state index in [1.165, 1.54) is 6.20 Å². The Morgan fingerprint density at radius 3 is 2.73 bits per heavy atom. The molecule has 1 aromatic rings. The zero-order valence-electron chi connectivity index (χ0n) is 18.2. The van der Waals surface area contributed by atoms with Crippen LogP contribution in [0, 0.1) is 11.3 Å². The second-order valence-electron chi connectivity index (χ2n) is 8.51. The van der Waals surface area contributed by atoms with Crippen LogP contribution < -0.4 is 15.4 Å². The molecule has 1 aromatic heterocycles. The van der Waals surface area contributed by atoms with Gasteiger partial charge in [-0.15, -0.1) is 0 Å². The van der Waals surface area contributed by atoms with Crippen molar-refractivity contribution in [1.29, 1.82) is 0 Å². The third kappa shape index (κ3) is 8.01. The lowest BCUT2D eigenvalue weighted by atomic mass is 9.78. The number of nitrogens with one attached hydrogen (secondary N) is 2. The number of alkyl halides is 3. The summed E-state index contributed by atoms with van der Waals surface area (Å²) < 4.78 is 48.3. The zero-order chi connectivity index (χ0) is 22.2. The highest BCUT2D eigenvalue weighted by Crippen LogP contribution is 2.33. The lowest BCUT2D eigenvalue weighted by Crippen LogP contribution is -2.47. The first kappa shape index (κ1) is 24.2. The van der Waals surface area contributed by atoms with E-state index in [4.69, 9.17) is 9.47 Å². The summed E-state index contributed by atoms with van der Waals surface area (Å²) in [5.41, 5.74) is 0.537. The van der Waals surface area contributed by atoms with Crippen LogP contribution in [0.3, 0.4) is 0 Å². The van der Waals surface area contributed by atoms with Gasteiger partial charge in [-0.1, -0.05) is 26.8 Å². The van der Waals surface area contributed by atoms with Gasteiger partial charge in [0.2, 0.25) is 5.88 Å². The number of aromatic nitrogens is 1. The predicted octanol–water partition coefficient (Wildman–Crippen LogP) is 3.92. The van der Waals surface area contributed by atoms with Crippen LogP contribution in [0.15, 0.2) is 23.3 Å². The normalized spacial score (nSPS) is 20.7. The molecule has 0 aromatic carbocycles. The molecule has 0 amide bonds. The van der Waals surface area contributed by atoms with Crippen LogP contribution in [0.25, 0.3) is 0 Å². The van der Waals surface area contributed by atoms with Crippen LogP contribution >= 0.6 is 0 Å². The van der Waals surface area contributed by atoms with Gasteiger partial charge >= 0.3 is 6.18 Å². The Hall–Kier alpha value is -2.03. The van der Waals surface area contributed by atoms with Crippen molar-refractivity contribution in [2.75, 3.05) is 26.3 Å². The quantitative estimate of drug-likeness (QED) is 0.507. The summed E-state index contributed by atoms with van der Waals surface area (Å²) in [5, 5.41) is 6.53. The second-order valence-corrected chi connectivity index (χ2v) is 8.51. The van der Waals surface area contributed by atoms with Gasteiger partial charge in [-0.3, -0.25) is 0 Å². The summed E-state index contributed by atoms with van der Waals surface area (Å²) in [6.45, 7) is 9.43. The predicted molar refractivity (Wildman–Crippen MR) is 111 cm³/mol. The summed E-state index contributed by atoms with van der Waals surface area (Å²) in [4.78, 5) is 8.43. The van der Waals surface area contributed by atoms with Crippen LogP contribution in [0.4, 0.5) is 13.2 Å². The van der Waals surface area contributed by atoms with E-state index in [9.17, 15) is 13.2 Å². The highest BCUT2D eigenvalue weighted by molar-refractivity contribution is 5.79. The van der Waals surface area contributed by atoms with Crippen molar-refractivity contribution in [2.24, 2.45) is 16.3 Å². The van der Waals surface area contributed by atoms with Crippen LogP contribution in [0.1, 0.15) is 46.1 Å². The van der Waals surface area contributed by atoms with Crippen molar-refractivity contribution in [2.45, 2.75) is 59.4 Å². The molecule has 30 heavy (non-hydrogen) atoms. The number of guanidine groups is 1. The van der Waals surface area contributed by atoms with Crippen molar-refractivity contribution < 1.29 is 22.6 Å². The maximum atomic E-state index is 12.5. The molecule has 1 fully saturated rings. The molecule has 1 saturated heterocycles. The van der Waals surface area contributed by atoms with E-state index in [1.807, 2.05) is 6.92 Å². The van der Waals surface area contributed by atoms with Crippen LogP contribution in [-0.4, -0.2) is 49.5 Å². The number of ether oxygens (including phenoxy) is 2. The van der Waals surface area contributed by atoms with Crippen molar-refractivity contribution in [3.8, 4) is 5.88 Å². The Kier molecular flexibility index (Phi) is 8.76. The Bertz CT molecular complexity index is 690. The van der Waals surface area contributed by atoms with Crippen molar-refractivity contribution in [3.63, 3.8) is 0 Å². The molecule has 6 nitrogen and oxygen atoms in total. The second kappa shape index (κ2) is 10.8. The van der Waals surface area contributed by atoms with Gasteiger partial charge in [0, 0.05) is 37.4 Å². The van der Waals surface area contributed by atoms with E-state index >= 15 is 0 Å². The van der Waals surface area contributed by atoms with Crippen molar-refractivity contribution in [3.05, 3.63) is 23.9 Å².